The van der Waals surface area contributed by atoms with Gasteiger partial charge in [0, 0.05) is 20.3 Å². The van der Waals surface area contributed by atoms with E-state index >= 15 is 0 Å². The molecule has 3 aromatic carbocycles. The number of benzene rings is 3. The Kier molecular flexibility index (Phi) is 4.14. The van der Waals surface area contributed by atoms with E-state index in [1.54, 1.807) is 0 Å². The number of carbonyl (C=O) groups is 2. The number of rotatable bonds is 2. The highest BCUT2D eigenvalue weighted by molar-refractivity contribution is 9.10. The maximum Gasteiger partial charge on any atom is 0.236 e. The molecule has 0 bridgehead atoms. The van der Waals surface area contributed by atoms with Crippen LogP contribution in [0.4, 0.5) is 11.4 Å². The zero-order chi connectivity index (χ0) is 19.4. The standard InChI is InChI=1S/C22H14Br2N2O2/c23-13-5-1-11(2-6-13)19-15-9-18-16(10-17(15)25-21(19)27)20(22(28)26-18)12-3-7-14(24)8-4-12/h1-10,19-20H,(H,25,27)(H,26,28). The molecule has 2 atom stereocenters. The van der Waals surface area contributed by atoms with Gasteiger partial charge in [-0.25, -0.2) is 0 Å². The van der Waals surface area contributed by atoms with Crippen LogP contribution in [-0.4, -0.2) is 11.8 Å². The first-order valence-electron chi connectivity index (χ1n) is 8.82. The molecule has 3 aromatic rings. The first-order chi connectivity index (χ1) is 13.5. The smallest absolute Gasteiger partial charge is 0.236 e. The summed E-state index contributed by atoms with van der Waals surface area (Å²) < 4.78 is 1.93. The van der Waals surface area contributed by atoms with Crippen molar-refractivity contribution in [1.29, 1.82) is 0 Å². The van der Waals surface area contributed by atoms with Crippen molar-refractivity contribution in [3.05, 3.63) is 91.9 Å². The molecule has 0 fully saturated rings. The Labute approximate surface area is 178 Å². The van der Waals surface area contributed by atoms with Crippen molar-refractivity contribution in [2.75, 3.05) is 10.6 Å². The van der Waals surface area contributed by atoms with Crippen LogP contribution in [0.5, 0.6) is 0 Å². The van der Waals surface area contributed by atoms with Gasteiger partial charge in [0.15, 0.2) is 0 Å². The fraction of sp³-hybridized carbons (Fsp3) is 0.0909. The minimum absolute atomic E-state index is 0.0486. The third-order valence-corrected chi connectivity index (χ3v) is 6.35. The molecule has 138 valence electrons. The van der Waals surface area contributed by atoms with Gasteiger partial charge in [-0.05, 0) is 58.7 Å². The predicted octanol–water partition coefficient (Wildman–Crippen LogP) is 5.38. The van der Waals surface area contributed by atoms with Crippen molar-refractivity contribution in [3.8, 4) is 0 Å². The van der Waals surface area contributed by atoms with E-state index in [-0.39, 0.29) is 23.7 Å². The maximum atomic E-state index is 12.7. The number of hydrogen-bond donors (Lipinski definition) is 2. The second-order valence-electron chi connectivity index (χ2n) is 6.97. The van der Waals surface area contributed by atoms with Gasteiger partial charge in [0.2, 0.25) is 11.8 Å². The molecule has 0 saturated carbocycles. The van der Waals surface area contributed by atoms with E-state index in [9.17, 15) is 9.59 Å². The highest BCUT2D eigenvalue weighted by Gasteiger charge is 2.38. The van der Waals surface area contributed by atoms with Crippen molar-refractivity contribution in [2.45, 2.75) is 11.8 Å². The molecule has 0 aliphatic carbocycles. The van der Waals surface area contributed by atoms with Gasteiger partial charge in [-0.15, -0.1) is 0 Å². The monoisotopic (exact) mass is 496 g/mol. The van der Waals surface area contributed by atoms with Gasteiger partial charge in [0.1, 0.15) is 0 Å². The van der Waals surface area contributed by atoms with Gasteiger partial charge in [-0.1, -0.05) is 56.1 Å². The molecule has 2 amide bonds. The number of amides is 2. The maximum absolute atomic E-state index is 12.7. The highest BCUT2D eigenvalue weighted by atomic mass is 79.9. The summed E-state index contributed by atoms with van der Waals surface area (Å²) in [4.78, 5) is 25.4. The Bertz CT molecular complexity index is 1030. The summed E-state index contributed by atoms with van der Waals surface area (Å²) in [6, 6.07) is 19.4. The lowest BCUT2D eigenvalue weighted by Gasteiger charge is -2.12. The lowest BCUT2D eigenvalue weighted by molar-refractivity contribution is -0.117. The van der Waals surface area contributed by atoms with E-state index in [0.717, 1.165) is 42.6 Å². The molecule has 2 aliphatic heterocycles. The molecule has 0 radical (unpaired) electrons. The average molecular weight is 498 g/mol. The minimum atomic E-state index is -0.378. The first kappa shape index (κ1) is 17.6. The summed E-state index contributed by atoms with van der Waals surface area (Å²) in [6.07, 6.45) is 0. The molecule has 4 nitrogen and oxygen atoms in total. The van der Waals surface area contributed by atoms with Crippen molar-refractivity contribution in [1.82, 2.24) is 0 Å². The van der Waals surface area contributed by atoms with E-state index < -0.39 is 0 Å². The largest absolute Gasteiger partial charge is 0.325 e. The minimum Gasteiger partial charge on any atom is -0.325 e. The van der Waals surface area contributed by atoms with Gasteiger partial charge < -0.3 is 10.6 Å². The fourth-order valence-electron chi connectivity index (χ4n) is 3.99. The van der Waals surface area contributed by atoms with Crippen molar-refractivity contribution < 1.29 is 9.59 Å². The first-order valence-corrected chi connectivity index (χ1v) is 10.4. The summed E-state index contributed by atoms with van der Waals surface area (Å²) >= 11 is 6.86. The summed E-state index contributed by atoms with van der Waals surface area (Å²) in [5, 5.41) is 5.98. The molecule has 2 heterocycles. The van der Waals surface area contributed by atoms with Crippen LogP contribution in [0.3, 0.4) is 0 Å². The lowest BCUT2D eigenvalue weighted by Crippen LogP contribution is -2.14. The Balaban J connectivity index is 1.59. The number of anilines is 2. The number of halogens is 2. The third kappa shape index (κ3) is 2.79. The number of carbonyl (C=O) groups excluding carboxylic acids is 2. The SMILES string of the molecule is O=C1Nc2cc3c(cc2C1c1ccc(Br)cc1)NC(=O)C3c1ccc(Br)cc1. The lowest BCUT2D eigenvalue weighted by atomic mass is 9.88. The molecule has 28 heavy (non-hydrogen) atoms. The van der Waals surface area contributed by atoms with Gasteiger partial charge in [-0.3, -0.25) is 9.59 Å². The average Bonchev–Trinajstić information content (AvgIpc) is 3.16. The number of nitrogens with one attached hydrogen (secondary N) is 2. The molecule has 2 unspecified atom stereocenters. The molecule has 2 N–H and O–H groups in total. The Hall–Kier alpha value is -2.44. The fourth-order valence-corrected chi connectivity index (χ4v) is 4.52. The normalized spacial score (nSPS) is 19.8. The van der Waals surface area contributed by atoms with Gasteiger partial charge in [-0.2, -0.15) is 0 Å². The van der Waals surface area contributed by atoms with E-state index in [1.807, 2.05) is 60.7 Å². The third-order valence-electron chi connectivity index (χ3n) is 5.29. The van der Waals surface area contributed by atoms with Crippen molar-refractivity contribution >= 4 is 55.0 Å². The molecule has 0 aromatic heterocycles. The van der Waals surface area contributed by atoms with Crippen LogP contribution in [0.1, 0.15) is 34.1 Å². The van der Waals surface area contributed by atoms with Crippen molar-refractivity contribution in [2.24, 2.45) is 0 Å². The zero-order valence-electron chi connectivity index (χ0n) is 14.5. The van der Waals surface area contributed by atoms with Crippen LogP contribution < -0.4 is 10.6 Å². The van der Waals surface area contributed by atoms with Gasteiger partial charge >= 0.3 is 0 Å². The molecule has 2 aliphatic rings. The second-order valence-corrected chi connectivity index (χ2v) is 8.81. The van der Waals surface area contributed by atoms with E-state index in [0.29, 0.717) is 0 Å². The van der Waals surface area contributed by atoms with Gasteiger partial charge in [0.05, 0.1) is 11.8 Å². The van der Waals surface area contributed by atoms with E-state index in [1.165, 1.54) is 0 Å². The van der Waals surface area contributed by atoms with Crippen LogP contribution in [-0.2, 0) is 9.59 Å². The van der Waals surface area contributed by atoms with Crippen LogP contribution in [0, 0.1) is 0 Å². The van der Waals surface area contributed by atoms with Gasteiger partial charge in [0.25, 0.3) is 0 Å². The summed E-state index contributed by atoms with van der Waals surface area (Å²) in [6.45, 7) is 0. The summed E-state index contributed by atoms with van der Waals surface area (Å²) in [7, 11) is 0. The second kappa shape index (κ2) is 6.57. The van der Waals surface area contributed by atoms with E-state index in [4.69, 9.17) is 0 Å². The molecule has 0 saturated heterocycles. The molecular formula is C22H14Br2N2O2. The Morgan fingerprint density at radius 2 is 0.964 bits per heavy atom. The predicted molar refractivity (Wildman–Crippen MR) is 116 cm³/mol. The van der Waals surface area contributed by atoms with Crippen molar-refractivity contribution in [3.63, 3.8) is 0 Å². The highest BCUT2D eigenvalue weighted by Crippen LogP contribution is 2.45. The molecular weight excluding hydrogens is 484 g/mol. The van der Waals surface area contributed by atoms with E-state index in [2.05, 4.69) is 42.5 Å². The Morgan fingerprint density at radius 1 is 0.607 bits per heavy atom. The molecule has 6 heteroatoms. The molecule has 5 rings (SSSR count). The molecule has 0 spiro atoms. The summed E-state index contributed by atoms with van der Waals surface area (Å²) in [5.41, 5.74) is 5.18. The quantitative estimate of drug-likeness (QED) is 0.499. The van der Waals surface area contributed by atoms with Crippen LogP contribution in [0.15, 0.2) is 69.6 Å². The number of fused-ring (bicyclic) bond motifs is 2. The topological polar surface area (TPSA) is 58.2 Å². The summed E-state index contributed by atoms with van der Waals surface area (Å²) in [5.74, 6) is -0.853. The van der Waals surface area contributed by atoms with Crippen LogP contribution in [0.25, 0.3) is 0 Å². The Morgan fingerprint density at radius 3 is 1.32 bits per heavy atom. The number of hydrogen-bond acceptors (Lipinski definition) is 2. The van der Waals surface area contributed by atoms with Crippen LogP contribution >= 0.6 is 31.9 Å². The van der Waals surface area contributed by atoms with Crippen LogP contribution in [0.2, 0.25) is 0 Å². The zero-order valence-corrected chi connectivity index (χ0v) is 17.7.